The SMILES string of the molecule is CCOC(=Cc1ccc(O)cc1)C(=O)OC. The number of aromatic hydroxyl groups is 1. The van der Waals surface area contributed by atoms with Gasteiger partial charge in [-0.15, -0.1) is 0 Å². The number of benzene rings is 1. The molecule has 0 aromatic heterocycles. The van der Waals surface area contributed by atoms with Crippen molar-refractivity contribution in [1.29, 1.82) is 0 Å². The van der Waals surface area contributed by atoms with Crippen LogP contribution in [0.25, 0.3) is 6.08 Å². The fourth-order valence-corrected chi connectivity index (χ4v) is 1.14. The van der Waals surface area contributed by atoms with Gasteiger partial charge in [0.25, 0.3) is 0 Å². The van der Waals surface area contributed by atoms with Gasteiger partial charge in [0.2, 0.25) is 5.76 Å². The van der Waals surface area contributed by atoms with E-state index < -0.39 is 5.97 Å². The van der Waals surface area contributed by atoms with E-state index in [0.717, 1.165) is 5.56 Å². The summed E-state index contributed by atoms with van der Waals surface area (Å²) in [6.45, 7) is 2.17. The summed E-state index contributed by atoms with van der Waals surface area (Å²) < 4.78 is 9.73. The van der Waals surface area contributed by atoms with Crippen LogP contribution in [0.4, 0.5) is 0 Å². The van der Waals surface area contributed by atoms with E-state index in [-0.39, 0.29) is 11.5 Å². The number of phenols is 1. The van der Waals surface area contributed by atoms with Crippen molar-refractivity contribution < 1.29 is 19.4 Å². The molecule has 0 saturated heterocycles. The van der Waals surface area contributed by atoms with Crippen molar-refractivity contribution in [1.82, 2.24) is 0 Å². The Balaban J connectivity index is 2.92. The predicted octanol–water partition coefficient (Wildman–Crippen LogP) is 1.94. The van der Waals surface area contributed by atoms with Gasteiger partial charge in [0, 0.05) is 0 Å². The lowest BCUT2D eigenvalue weighted by Gasteiger charge is -2.06. The van der Waals surface area contributed by atoms with Crippen molar-refractivity contribution in [2.75, 3.05) is 13.7 Å². The second kappa shape index (κ2) is 5.80. The molecule has 0 heterocycles. The minimum absolute atomic E-state index is 0.149. The first-order valence-electron chi connectivity index (χ1n) is 4.89. The largest absolute Gasteiger partial charge is 0.508 e. The Morgan fingerprint density at radius 3 is 2.50 bits per heavy atom. The lowest BCUT2D eigenvalue weighted by Crippen LogP contribution is -2.07. The second-order valence-electron chi connectivity index (χ2n) is 3.02. The van der Waals surface area contributed by atoms with Gasteiger partial charge >= 0.3 is 5.97 Å². The molecule has 0 aliphatic rings. The average Bonchev–Trinajstić information content (AvgIpc) is 2.30. The van der Waals surface area contributed by atoms with E-state index in [0.29, 0.717) is 6.61 Å². The first kappa shape index (κ1) is 12.1. The van der Waals surface area contributed by atoms with E-state index in [1.54, 1.807) is 25.1 Å². The van der Waals surface area contributed by atoms with Gasteiger partial charge in [0.05, 0.1) is 13.7 Å². The standard InChI is InChI=1S/C12H14O4/c1-3-16-11(12(14)15-2)8-9-4-6-10(13)7-5-9/h4-8,13H,3H2,1-2H3. The summed E-state index contributed by atoms with van der Waals surface area (Å²) in [5.74, 6) is -0.196. The Kier molecular flexibility index (Phi) is 4.39. The van der Waals surface area contributed by atoms with Gasteiger partial charge in [-0.25, -0.2) is 4.79 Å². The molecule has 1 aromatic rings. The molecule has 0 atom stereocenters. The maximum Gasteiger partial charge on any atom is 0.373 e. The Hall–Kier alpha value is -1.97. The highest BCUT2D eigenvalue weighted by Gasteiger charge is 2.10. The molecule has 0 spiro atoms. The van der Waals surface area contributed by atoms with E-state index in [9.17, 15) is 4.79 Å². The van der Waals surface area contributed by atoms with Crippen LogP contribution in [0.2, 0.25) is 0 Å². The molecule has 1 aromatic carbocycles. The monoisotopic (exact) mass is 222 g/mol. The molecular weight excluding hydrogens is 208 g/mol. The molecule has 0 saturated carbocycles. The molecule has 0 bridgehead atoms. The van der Waals surface area contributed by atoms with Gasteiger partial charge < -0.3 is 14.6 Å². The smallest absolute Gasteiger partial charge is 0.373 e. The number of esters is 1. The second-order valence-corrected chi connectivity index (χ2v) is 3.02. The van der Waals surface area contributed by atoms with Crippen molar-refractivity contribution in [3.8, 4) is 5.75 Å². The molecule has 0 unspecified atom stereocenters. The highest BCUT2D eigenvalue weighted by Crippen LogP contribution is 2.13. The Labute approximate surface area is 94.1 Å². The van der Waals surface area contributed by atoms with Crippen LogP contribution in [0.5, 0.6) is 5.75 Å². The maximum atomic E-state index is 11.3. The third-order valence-corrected chi connectivity index (χ3v) is 1.88. The van der Waals surface area contributed by atoms with Crippen LogP contribution in [-0.2, 0) is 14.3 Å². The molecule has 86 valence electrons. The van der Waals surface area contributed by atoms with E-state index >= 15 is 0 Å². The summed E-state index contributed by atoms with van der Waals surface area (Å²) in [5.41, 5.74) is 0.756. The van der Waals surface area contributed by atoms with Crippen molar-refractivity contribution in [3.05, 3.63) is 35.6 Å². The maximum absolute atomic E-state index is 11.3. The summed E-state index contributed by atoms with van der Waals surface area (Å²) >= 11 is 0. The summed E-state index contributed by atoms with van der Waals surface area (Å²) in [7, 11) is 1.30. The topological polar surface area (TPSA) is 55.8 Å². The number of ether oxygens (including phenoxy) is 2. The normalized spacial score (nSPS) is 11.0. The van der Waals surface area contributed by atoms with Crippen molar-refractivity contribution >= 4 is 12.0 Å². The fraction of sp³-hybridized carbons (Fsp3) is 0.250. The number of methoxy groups -OCH3 is 1. The van der Waals surface area contributed by atoms with Gasteiger partial charge in [-0.05, 0) is 30.7 Å². The molecule has 0 amide bonds. The molecule has 0 aliphatic heterocycles. The van der Waals surface area contributed by atoms with Gasteiger partial charge in [-0.2, -0.15) is 0 Å². The summed E-state index contributed by atoms with van der Waals surface area (Å²) in [6.07, 6.45) is 1.56. The van der Waals surface area contributed by atoms with Crippen LogP contribution in [0.3, 0.4) is 0 Å². The summed E-state index contributed by atoms with van der Waals surface area (Å²) in [4.78, 5) is 11.3. The minimum atomic E-state index is -0.519. The Bertz CT molecular complexity index is 379. The molecule has 0 radical (unpaired) electrons. The minimum Gasteiger partial charge on any atom is -0.508 e. The zero-order valence-corrected chi connectivity index (χ0v) is 9.27. The Morgan fingerprint density at radius 1 is 1.38 bits per heavy atom. The summed E-state index contributed by atoms with van der Waals surface area (Å²) in [6, 6.07) is 6.42. The summed E-state index contributed by atoms with van der Waals surface area (Å²) in [5, 5.41) is 9.11. The molecule has 1 rings (SSSR count). The first-order valence-corrected chi connectivity index (χ1v) is 4.89. The fourth-order valence-electron chi connectivity index (χ4n) is 1.14. The first-order chi connectivity index (χ1) is 7.67. The lowest BCUT2D eigenvalue weighted by molar-refractivity contribution is -0.139. The molecule has 4 nitrogen and oxygen atoms in total. The third-order valence-electron chi connectivity index (χ3n) is 1.88. The molecule has 0 aliphatic carbocycles. The number of hydrogen-bond acceptors (Lipinski definition) is 4. The number of carbonyl (C=O) groups is 1. The quantitative estimate of drug-likeness (QED) is 0.480. The zero-order valence-electron chi connectivity index (χ0n) is 9.27. The van der Waals surface area contributed by atoms with E-state index in [2.05, 4.69) is 4.74 Å². The van der Waals surface area contributed by atoms with Crippen molar-refractivity contribution in [2.24, 2.45) is 0 Å². The highest BCUT2D eigenvalue weighted by atomic mass is 16.6. The number of rotatable bonds is 4. The van der Waals surface area contributed by atoms with Gasteiger partial charge in [0.1, 0.15) is 5.75 Å². The van der Waals surface area contributed by atoms with E-state index in [1.165, 1.54) is 19.2 Å². The van der Waals surface area contributed by atoms with Crippen LogP contribution >= 0.6 is 0 Å². The number of carbonyl (C=O) groups excluding carboxylic acids is 1. The van der Waals surface area contributed by atoms with Gasteiger partial charge in [-0.1, -0.05) is 12.1 Å². The van der Waals surface area contributed by atoms with Gasteiger partial charge in [-0.3, -0.25) is 0 Å². The molecule has 4 heteroatoms. The lowest BCUT2D eigenvalue weighted by atomic mass is 10.2. The van der Waals surface area contributed by atoms with Crippen LogP contribution in [-0.4, -0.2) is 24.8 Å². The van der Waals surface area contributed by atoms with Crippen LogP contribution < -0.4 is 0 Å². The third kappa shape index (κ3) is 3.31. The number of phenolic OH excluding ortho intramolecular Hbond substituents is 1. The zero-order chi connectivity index (χ0) is 12.0. The highest BCUT2D eigenvalue weighted by molar-refractivity contribution is 5.91. The molecule has 0 fully saturated rings. The average molecular weight is 222 g/mol. The van der Waals surface area contributed by atoms with Crippen LogP contribution in [0.15, 0.2) is 30.0 Å². The molecule has 16 heavy (non-hydrogen) atoms. The molecular formula is C12H14O4. The van der Waals surface area contributed by atoms with Crippen LogP contribution in [0.1, 0.15) is 12.5 Å². The van der Waals surface area contributed by atoms with Crippen molar-refractivity contribution in [3.63, 3.8) is 0 Å². The predicted molar refractivity (Wildman–Crippen MR) is 59.7 cm³/mol. The van der Waals surface area contributed by atoms with Crippen LogP contribution in [0, 0.1) is 0 Å². The van der Waals surface area contributed by atoms with E-state index in [1.807, 2.05) is 0 Å². The van der Waals surface area contributed by atoms with Crippen molar-refractivity contribution in [2.45, 2.75) is 6.92 Å². The molecule has 1 N–H and O–H groups in total. The number of hydrogen-bond donors (Lipinski definition) is 1. The Morgan fingerprint density at radius 2 is 2.00 bits per heavy atom. The van der Waals surface area contributed by atoms with E-state index in [4.69, 9.17) is 9.84 Å². The van der Waals surface area contributed by atoms with Gasteiger partial charge in [0.15, 0.2) is 0 Å².